The van der Waals surface area contributed by atoms with Crippen LogP contribution in [0, 0.1) is 5.92 Å². The Labute approximate surface area is 125 Å². The highest BCUT2D eigenvalue weighted by Gasteiger charge is 2.41. The summed E-state index contributed by atoms with van der Waals surface area (Å²) in [5, 5.41) is 3.03. The number of nitrogens with one attached hydrogen (secondary N) is 1. The van der Waals surface area contributed by atoms with Gasteiger partial charge in [0.05, 0.1) is 13.2 Å². The van der Waals surface area contributed by atoms with Gasteiger partial charge in [0.25, 0.3) is 0 Å². The molecule has 5 nitrogen and oxygen atoms in total. The second kappa shape index (κ2) is 6.54. The zero-order valence-corrected chi connectivity index (χ0v) is 12.2. The SMILES string of the molecule is O=C(NCCc1cccnc1)C1CCC2(CC1)OCCO2. The molecule has 1 aromatic heterocycles. The summed E-state index contributed by atoms with van der Waals surface area (Å²) in [5.41, 5.74) is 1.15. The first-order valence-electron chi connectivity index (χ1n) is 7.72. The second-order valence-corrected chi connectivity index (χ2v) is 5.78. The fourth-order valence-electron chi connectivity index (χ4n) is 3.13. The van der Waals surface area contributed by atoms with Gasteiger partial charge in [0.15, 0.2) is 5.79 Å². The second-order valence-electron chi connectivity index (χ2n) is 5.78. The van der Waals surface area contributed by atoms with E-state index in [9.17, 15) is 4.79 Å². The van der Waals surface area contributed by atoms with Crippen molar-refractivity contribution in [2.24, 2.45) is 5.92 Å². The van der Waals surface area contributed by atoms with Crippen LogP contribution in [-0.2, 0) is 20.7 Å². The van der Waals surface area contributed by atoms with Gasteiger partial charge >= 0.3 is 0 Å². The topological polar surface area (TPSA) is 60.5 Å². The minimum Gasteiger partial charge on any atom is -0.356 e. The Hall–Kier alpha value is -1.46. The predicted molar refractivity (Wildman–Crippen MR) is 77.5 cm³/mol. The summed E-state index contributed by atoms with van der Waals surface area (Å²) in [6, 6.07) is 3.94. The lowest BCUT2D eigenvalue weighted by atomic mass is 9.84. The monoisotopic (exact) mass is 290 g/mol. The van der Waals surface area contributed by atoms with Crippen molar-refractivity contribution in [1.82, 2.24) is 10.3 Å². The molecule has 0 radical (unpaired) electrons. The maximum absolute atomic E-state index is 12.2. The molecule has 1 aliphatic heterocycles. The zero-order valence-electron chi connectivity index (χ0n) is 12.2. The highest BCUT2D eigenvalue weighted by atomic mass is 16.7. The van der Waals surface area contributed by atoms with E-state index >= 15 is 0 Å². The number of aromatic nitrogens is 1. The molecule has 1 spiro atoms. The number of rotatable bonds is 4. The highest BCUT2D eigenvalue weighted by Crippen LogP contribution is 2.38. The maximum Gasteiger partial charge on any atom is 0.223 e. The Morgan fingerprint density at radius 1 is 1.33 bits per heavy atom. The summed E-state index contributed by atoms with van der Waals surface area (Å²) < 4.78 is 11.4. The first-order chi connectivity index (χ1) is 10.3. The number of amides is 1. The van der Waals surface area contributed by atoms with E-state index in [0.717, 1.165) is 37.7 Å². The Morgan fingerprint density at radius 3 is 2.76 bits per heavy atom. The van der Waals surface area contributed by atoms with Gasteiger partial charge in [-0.2, -0.15) is 0 Å². The first kappa shape index (κ1) is 14.5. The number of pyridine rings is 1. The lowest BCUT2D eigenvalue weighted by Crippen LogP contribution is -2.40. The molecule has 21 heavy (non-hydrogen) atoms. The summed E-state index contributed by atoms with van der Waals surface area (Å²) in [6.45, 7) is 2.03. The van der Waals surface area contributed by atoms with Crippen LogP contribution in [0.1, 0.15) is 31.2 Å². The van der Waals surface area contributed by atoms with Crippen molar-refractivity contribution in [1.29, 1.82) is 0 Å². The van der Waals surface area contributed by atoms with Crippen LogP contribution >= 0.6 is 0 Å². The molecule has 0 bridgehead atoms. The fourth-order valence-corrected chi connectivity index (χ4v) is 3.13. The molecule has 1 N–H and O–H groups in total. The van der Waals surface area contributed by atoms with E-state index in [1.54, 1.807) is 6.20 Å². The van der Waals surface area contributed by atoms with Crippen LogP contribution < -0.4 is 5.32 Å². The number of carbonyl (C=O) groups is 1. The van der Waals surface area contributed by atoms with E-state index in [1.807, 2.05) is 18.3 Å². The van der Waals surface area contributed by atoms with Gasteiger partial charge < -0.3 is 14.8 Å². The van der Waals surface area contributed by atoms with E-state index in [1.165, 1.54) is 0 Å². The average Bonchev–Trinajstić information content (AvgIpc) is 2.97. The molecule has 1 aromatic rings. The molecule has 1 aliphatic carbocycles. The summed E-state index contributed by atoms with van der Waals surface area (Å²) in [5.74, 6) is -0.129. The number of carbonyl (C=O) groups excluding carboxylic acids is 1. The minimum atomic E-state index is -0.382. The van der Waals surface area contributed by atoms with Crippen molar-refractivity contribution in [3.05, 3.63) is 30.1 Å². The van der Waals surface area contributed by atoms with Crippen LogP contribution in [0.25, 0.3) is 0 Å². The number of ether oxygens (including phenoxy) is 2. The number of hydrogen-bond donors (Lipinski definition) is 1. The van der Waals surface area contributed by atoms with Crippen LogP contribution in [0.3, 0.4) is 0 Å². The molecule has 3 rings (SSSR count). The Bertz CT molecular complexity index is 462. The Kier molecular flexibility index (Phi) is 4.51. The normalized spacial score (nSPS) is 21.5. The molecule has 5 heteroatoms. The van der Waals surface area contributed by atoms with E-state index in [-0.39, 0.29) is 17.6 Å². The Morgan fingerprint density at radius 2 is 2.10 bits per heavy atom. The van der Waals surface area contributed by atoms with Crippen LogP contribution in [0.15, 0.2) is 24.5 Å². The van der Waals surface area contributed by atoms with E-state index < -0.39 is 0 Å². The average molecular weight is 290 g/mol. The third kappa shape index (κ3) is 3.60. The quantitative estimate of drug-likeness (QED) is 0.916. The van der Waals surface area contributed by atoms with Crippen LogP contribution in [-0.4, -0.2) is 36.4 Å². The smallest absolute Gasteiger partial charge is 0.223 e. The maximum atomic E-state index is 12.2. The fraction of sp³-hybridized carbons (Fsp3) is 0.625. The molecule has 0 atom stereocenters. The van der Waals surface area contributed by atoms with Crippen LogP contribution in [0.2, 0.25) is 0 Å². The van der Waals surface area contributed by atoms with Gasteiger partial charge in [0.1, 0.15) is 0 Å². The van der Waals surface area contributed by atoms with Gasteiger partial charge in [-0.1, -0.05) is 6.07 Å². The Balaban J connectivity index is 1.40. The molecule has 0 unspecified atom stereocenters. The molecule has 2 fully saturated rings. The molecule has 1 saturated carbocycles. The lowest BCUT2D eigenvalue weighted by Gasteiger charge is -2.34. The van der Waals surface area contributed by atoms with Crippen LogP contribution in [0.5, 0.6) is 0 Å². The number of nitrogens with zero attached hydrogens (tertiary/aromatic N) is 1. The third-order valence-corrected chi connectivity index (χ3v) is 4.37. The van der Waals surface area contributed by atoms with Gasteiger partial charge in [-0.05, 0) is 30.9 Å². The highest BCUT2D eigenvalue weighted by molar-refractivity contribution is 5.78. The van der Waals surface area contributed by atoms with Gasteiger partial charge in [0.2, 0.25) is 5.91 Å². The lowest BCUT2D eigenvalue weighted by molar-refractivity contribution is -0.183. The minimum absolute atomic E-state index is 0.0947. The van der Waals surface area contributed by atoms with Gasteiger partial charge in [0, 0.05) is 37.7 Å². The molecule has 2 aliphatic rings. The summed E-state index contributed by atoms with van der Waals surface area (Å²) in [7, 11) is 0. The van der Waals surface area contributed by atoms with Crippen molar-refractivity contribution >= 4 is 5.91 Å². The largest absolute Gasteiger partial charge is 0.356 e. The standard InChI is InChI=1S/C16H22N2O3/c19-15(18-9-5-13-2-1-8-17-12-13)14-3-6-16(7-4-14)20-10-11-21-16/h1-2,8,12,14H,3-7,9-11H2,(H,18,19). The third-order valence-electron chi connectivity index (χ3n) is 4.37. The van der Waals surface area contributed by atoms with Crippen LogP contribution in [0.4, 0.5) is 0 Å². The van der Waals surface area contributed by atoms with E-state index in [4.69, 9.17) is 9.47 Å². The molecule has 0 aromatic carbocycles. The van der Waals surface area contributed by atoms with E-state index in [2.05, 4.69) is 10.3 Å². The molecule has 1 amide bonds. The summed E-state index contributed by atoms with van der Waals surface area (Å²) in [6.07, 6.45) is 7.76. The van der Waals surface area contributed by atoms with Crippen molar-refractivity contribution in [2.45, 2.75) is 37.9 Å². The van der Waals surface area contributed by atoms with Crippen molar-refractivity contribution < 1.29 is 14.3 Å². The van der Waals surface area contributed by atoms with Gasteiger partial charge in [-0.3, -0.25) is 9.78 Å². The first-order valence-corrected chi connectivity index (χ1v) is 7.72. The molecular formula is C16H22N2O3. The van der Waals surface area contributed by atoms with E-state index in [0.29, 0.717) is 19.8 Å². The van der Waals surface area contributed by atoms with Crippen molar-refractivity contribution in [3.8, 4) is 0 Å². The van der Waals surface area contributed by atoms with Crippen molar-refractivity contribution in [2.75, 3.05) is 19.8 Å². The molecule has 1 saturated heterocycles. The summed E-state index contributed by atoms with van der Waals surface area (Å²) in [4.78, 5) is 16.3. The molecule has 2 heterocycles. The van der Waals surface area contributed by atoms with Gasteiger partial charge in [-0.15, -0.1) is 0 Å². The zero-order chi connectivity index (χ0) is 14.5. The van der Waals surface area contributed by atoms with Crippen molar-refractivity contribution in [3.63, 3.8) is 0 Å². The molecule has 114 valence electrons. The molecular weight excluding hydrogens is 268 g/mol. The van der Waals surface area contributed by atoms with Gasteiger partial charge in [-0.25, -0.2) is 0 Å². The number of hydrogen-bond acceptors (Lipinski definition) is 4. The predicted octanol–water partition coefficient (Wildman–Crippen LogP) is 1.67. The summed E-state index contributed by atoms with van der Waals surface area (Å²) >= 11 is 0.